The Morgan fingerprint density at radius 3 is 2.47 bits per heavy atom. The molecule has 1 aromatic carbocycles. The molecule has 1 fully saturated rings. The molecule has 1 unspecified atom stereocenters. The van der Waals surface area contributed by atoms with Crippen LogP contribution in [0.1, 0.15) is 39.3 Å². The van der Waals surface area contributed by atoms with E-state index in [1.54, 1.807) is 24.5 Å². The molecule has 34 heavy (non-hydrogen) atoms. The van der Waals surface area contributed by atoms with E-state index in [9.17, 15) is 17.6 Å². The van der Waals surface area contributed by atoms with Crippen LogP contribution in [0.5, 0.6) is 0 Å². The first-order valence-electron chi connectivity index (χ1n) is 11.0. The number of piperidine rings is 1. The smallest absolute Gasteiger partial charge is 0.252 e. The zero-order valence-electron chi connectivity index (χ0n) is 19.3. The van der Waals surface area contributed by atoms with Gasteiger partial charge in [-0.05, 0) is 43.2 Å². The molecule has 1 aliphatic rings. The fourth-order valence-electron chi connectivity index (χ4n) is 3.75. The minimum absolute atomic E-state index is 0.00378. The summed E-state index contributed by atoms with van der Waals surface area (Å²) in [5, 5.41) is 7.49. The van der Waals surface area contributed by atoms with E-state index in [2.05, 4.69) is 20.4 Å². The molecule has 180 valence electrons. The van der Waals surface area contributed by atoms with Gasteiger partial charge in [0.15, 0.2) is 0 Å². The van der Waals surface area contributed by atoms with Crippen molar-refractivity contribution >= 4 is 21.7 Å². The molecule has 1 N–H and O–H groups in total. The normalized spacial score (nSPS) is 17.5. The van der Waals surface area contributed by atoms with Crippen LogP contribution in [-0.2, 0) is 20.2 Å². The molecular formula is C23H27FN6O3S. The molecule has 1 atom stereocenters. The number of carbonyl (C=O) groups is 1. The summed E-state index contributed by atoms with van der Waals surface area (Å²) in [5.41, 5.74) is 0.476. The van der Waals surface area contributed by atoms with Gasteiger partial charge in [0.25, 0.3) is 5.95 Å². The molecule has 1 saturated heterocycles. The lowest BCUT2D eigenvalue weighted by Gasteiger charge is -2.31. The third kappa shape index (κ3) is 5.00. The van der Waals surface area contributed by atoms with Crippen LogP contribution < -0.4 is 5.32 Å². The van der Waals surface area contributed by atoms with Crippen LogP contribution in [0.2, 0.25) is 0 Å². The second kappa shape index (κ2) is 9.22. The zero-order chi connectivity index (χ0) is 24.5. The minimum atomic E-state index is -3.84. The average molecular weight is 487 g/mol. The molecule has 0 saturated carbocycles. The summed E-state index contributed by atoms with van der Waals surface area (Å²) in [5.74, 6) is -0.640. The van der Waals surface area contributed by atoms with Crippen LogP contribution in [0, 0.1) is 11.7 Å². The van der Waals surface area contributed by atoms with Gasteiger partial charge in [-0.15, -0.1) is 0 Å². The Bertz CT molecular complexity index is 1270. The van der Waals surface area contributed by atoms with Gasteiger partial charge in [-0.2, -0.15) is 14.1 Å². The molecule has 0 spiro atoms. The quantitative estimate of drug-likeness (QED) is 0.593. The number of rotatable bonds is 5. The lowest BCUT2D eigenvalue weighted by atomic mass is 9.92. The first-order valence-corrected chi connectivity index (χ1v) is 12.4. The van der Waals surface area contributed by atoms with Gasteiger partial charge in [0.05, 0.1) is 16.5 Å². The lowest BCUT2D eigenvalue weighted by Crippen LogP contribution is -2.43. The van der Waals surface area contributed by atoms with Crippen molar-refractivity contribution in [1.82, 2.24) is 24.1 Å². The monoisotopic (exact) mass is 486 g/mol. The molecular weight excluding hydrogens is 459 g/mol. The van der Waals surface area contributed by atoms with Crippen molar-refractivity contribution in [3.05, 3.63) is 60.3 Å². The number of aromatic nitrogens is 4. The van der Waals surface area contributed by atoms with E-state index < -0.39 is 21.8 Å². The first kappa shape index (κ1) is 24.0. The van der Waals surface area contributed by atoms with E-state index in [1.807, 2.05) is 20.8 Å². The van der Waals surface area contributed by atoms with Crippen LogP contribution in [0.4, 0.5) is 10.2 Å². The number of nitrogens with zero attached hydrogens (tertiary/aromatic N) is 5. The van der Waals surface area contributed by atoms with Crippen molar-refractivity contribution in [3.8, 4) is 5.95 Å². The van der Waals surface area contributed by atoms with E-state index >= 15 is 0 Å². The van der Waals surface area contributed by atoms with Crippen molar-refractivity contribution in [3.63, 3.8) is 0 Å². The number of amides is 1. The van der Waals surface area contributed by atoms with Gasteiger partial charge in [-0.3, -0.25) is 4.79 Å². The van der Waals surface area contributed by atoms with Crippen LogP contribution in [-0.4, -0.2) is 51.5 Å². The van der Waals surface area contributed by atoms with E-state index in [4.69, 9.17) is 0 Å². The molecule has 2 aromatic heterocycles. The molecule has 0 radical (unpaired) electrons. The molecule has 1 aliphatic heterocycles. The largest absolute Gasteiger partial charge is 0.310 e. The molecule has 0 aliphatic carbocycles. The van der Waals surface area contributed by atoms with Crippen LogP contribution in [0.25, 0.3) is 5.95 Å². The Kier molecular flexibility index (Phi) is 6.50. The third-order valence-electron chi connectivity index (χ3n) is 5.68. The summed E-state index contributed by atoms with van der Waals surface area (Å²) in [7, 11) is -3.84. The highest BCUT2D eigenvalue weighted by Gasteiger charge is 2.34. The fourth-order valence-corrected chi connectivity index (χ4v) is 5.27. The van der Waals surface area contributed by atoms with Crippen LogP contribution in [0.3, 0.4) is 0 Å². The van der Waals surface area contributed by atoms with Gasteiger partial charge in [0.1, 0.15) is 11.6 Å². The van der Waals surface area contributed by atoms with E-state index in [-0.39, 0.29) is 22.8 Å². The third-order valence-corrected chi connectivity index (χ3v) is 7.56. The maximum Gasteiger partial charge on any atom is 0.252 e. The van der Waals surface area contributed by atoms with Crippen molar-refractivity contribution < 1.29 is 17.6 Å². The lowest BCUT2D eigenvalue weighted by molar-refractivity contribution is -0.120. The summed E-state index contributed by atoms with van der Waals surface area (Å²) in [6.07, 6.45) is 4.26. The van der Waals surface area contributed by atoms with Crippen molar-refractivity contribution in [2.45, 2.75) is 43.9 Å². The maximum absolute atomic E-state index is 13.2. The maximum atomic E-state index is 13.2. The van der Waals surface area contributed by atoms with E-state index in [0.717, 1.165) is 17.8 Å². The summed E-state index contributed by atoms with van der Waals surface area (Å²) in [6.45, 7) is 6.37. The van der Waals surface area contributed by atoms with Crippen molar-refractivity contribution in [2.75, 3.05) is 18.4 Å². The predicted octanol–water partition coefficient (Wildman–Crippen LogP) is 3.14. The molecule has 0 bridgehead atoms. The highest BCUT2D eigenvalue weighted by atomic mass is 32.2. The highest BCUT2D eigenvalue weighted by Crippen LogP contribution is 2.28. The number of benzene rings is 1. The van der Waals surface area contributed by atoms with Crippen molar-refractivity contribution in [1.29, 1.82) is 0 Å². The Morgan fingerprint density at radius 1 is 1.15 bits per heavy atom. The number of nitrogens with one attached hydrogen (secondary N) is 1. The minimum Gasteiger partial charge on any atom is -0.310 e. The first-order chi connectivity index (χ1) is 16.1. The Balaban J connectivity index is 1.56. The summed E-state index contributed by atoms with van der Waals surface area (Å²) < 4.78 is 42.0. The van der Waals surface area contributed by atoms with Crippen molar-refractivity contribution in [2.24, 2.45) is 5.92 Å². The standard InChI is InChI=1S/C23H27FN6O3S/c1-23(2,3)19-14-20(30(28-19)22-25-11-5-12-26-22)27-21(31)16-6-4-13-29(15-16)34(32,33)18-9-7-17(24)8-10-18/h5,7-12,14,16H,4,6,13,15H2,1-3H3,(H,27,31). The van der Waals surface area contributed by atoms with Gasteiger partial charge in [0, 0.05) is 37.0 Å². The number of sulfonamides is 1. The molecule has 4 rings (SSSR count). The zero-order valence-corrected chi connectivity index (χ0v) is 20.1. The molecule has 1 amide bonds. The predicted molar refractivity (Wildman–Crippen MR) is 124 cm³/mol. The molecule has 3 aromatic rings. The van der Waals surface area contributed by atoms with Crippen LogP contribution in [0.15, 0.2) is 53.7 Å². The van der Waals surface area contributed by atoms with Gasteiger partial charge in [-0.25, -0.2) is 22.8 Å². The average Bonchev–Trinajstić information content (AvgIpc) is 3.24. The molecule has 3 heterocycles. The summed E-state index contributed by atoms with van der Waals surface area (Å²) in [4.78, 5) is 21.7. The summed E-state index contributed by atoms with van der Waals surface area (Å²) in [6, 6.07) is 8.17. The Hall–Kier alpha value is -3.18. The SMILES string of the molecule is CC(C)(C)c1cc(NC(=O)C2CCCN(S(=O)(=O)c3ccc(F)cc3)C2)n(-c2ncccn2)n1. The Morgan fingerprint density at radius 2 is 1.82 bits per heavy atom. The highest BCUT2D eigenvalue weighted by molar-refractivity contribution is 7.89. The summed E-state index contributed by atoms with van der Waals surface area (Å²) >= 11 is 0. The number of carbonyl (C=O) groups excluding carboxylic acids is 1. The number of hydrogen-bond donors (Lipinski definition) is 1. The van der Waals surface area contributed by atoms with Gasteiger partial charge >= 0.3 is 0 Å². The number of halogens is 1. The topological polar surface area (TPSA) is 110 Å². The molecule has 11 heteroatoms. The number of hydrogen-bond acceptors (Lipinski definition) is 6. The van der Waals surface area contributed by atoms with E-state index in [0.29, 0.717) is 31.2 Å². The fraction of sp³-hybridized carbons (Fsp3) is 0.391. The molecule has 9 nitrogen and oxygen atoms in total. The van der Waals surface area contributed by atoms with Gasteiger partial charge in [-0.1, -0.05) is 20.8 Å². The Labute approximate surface area is 198 Å². The van der Waals surface area contributed by atoms with Crippen LogP contribution >= 0.6 is 0 Å². The number of anilines is 1. The van der Waals surface area contributed by atoms with Gasteiger partial charge in [0.2, 0.25) is 15.9 Å². The second-order valence-electron chi connectivity index (χ2n) is 9.27. The van der Waals surface area contributed by atoms with E-state index in [1.165, 1.54) is 21.1 Å². The second-order valence-corrected chi connectivity index (χ2v) is 11.2. The van der Waals surface area contributed by atoms with Gasteiger partial charge < -0.3 is 5.32 Å².